The predicted octanol–water partition coefficient (Wildman–Crippen LogP) is 3.24. The molecule has 2 aromatic carbocycles. The first-order valence-electron chi connectivity index (χ1n) is 10.8. The van der Waals surface area contributed by atoms with Crippen LogP contribution in [0.1, 0.15) is 17.5 Å². The maximum atomic E-state index is 12.9. The van der Waals surface area contributed by atoms with Crippen LogP contribution in [0.2, 0.25) is 0 Å². The molecule has 5 rings (SSSR count). The van der Waals surface area contributed by atoms with Crippen LogP contribution >= 0.6 is 0 Å². The van der Waals surface area contributed by atoms with Crippen molar-refractivity contribution in [2.24, 2.45) is 5.92 Å². The summed E-state index contributed by atoms with van der Waals surface area (Å²) in [5.74, 6) is -0.498. The van der Waals surface area contributed by atoms with Crippen LogP contribution in [0.25, 0.3) is 0 Å². The Kier molecular flexibility index (Phi) is 5.19. The largest absolute Gasteiger partial charge is 0.758 e. The summed E-state index contributed by atoms with van der Waals surface area (Å²) < 4.78 is 38.3. The fourth-order valence-corrected chi connectivity index (χ4v) is 5.09. The van der Waals surface area contributed by atoms with Crippen LogP contribution in [0.4, 0.5) is 30.2 Å². The molecule has 10 heteroatoms. The second kappa shape index (κ2) is 7.95. The highest BCUT2D eigenvalue weighted by Gasteiger charge is 2.41. The van der Waals surface area contributed by atoms with Crippen molar-refractivity contribution in [3.8, 4) is 0 Å². The molecular weight excluding hydrogens is 437 g/mol. The number of rotatable bonds is 2. The van der Waals surface area contributed by atoms with Gasteiger partial charge in [-0.1, -0.05) is 18.2 Å². The van der Waals surface area contributed by atoms with Gasteiger partial charge in [-0.25, -0.2) is 0 Å². The molecule has 3 aliphatic rings. The number of halogens is 3. The minimum absolute atomic E-state index is 0.00684. The van der Waals surface area contributed by atoms with Crippen molar-refractivity contribution >= 4 is 28.9 Å². The maximum Gasteiger partial charge on any atom is 0.416 e. The number of fused-ring (bicyclic) bond motifs is 2. The molecule has 2 amide bonds. The zero-order valence-electron chi connectivity index (χ0n) is 17.6. The number of piperidine rings is 1. The van der Waals surface area contributed by atoms with Crippen molar-refractivity contribution in [2.45, 2.75) is 25.1 Å². The first-order valence-corrected chi connectivity index (χ1v) is 10.8. The average molecular weight is 459 g/mol. The van der Waals surface area contributed by atoms with E-state index in [9.17, 15) is 28.0 Å². The van der Waals surface area contributed by atoms with Gasteiger partial charge in [0.1, 0.15) is 0 Å². The topological polar surface area (TPSA) is 79.0 Å². The van der Waals surface area contributed by atoms with E-state index in [2.05, 4.69) is 5.32 Å². The van der Waals surface area contributed by atoms with Gasteiger partial charge in [-0.15, -0.1) is 0 Å². The van der Waals surface area contributed by atoms with Crippen LogP contribution in [0.3, 0.4) is 0 Å². The fourth-order valence-electron chi connectivity index (χ4n) is 5.09. The number of benzene rings is 2. The number of hydrogen-bond acceptors (Lipinski definition) is 5. The molecule has 3 aliphatic heterocycles. The summed E-state index contributed by atoms with van der Waals surface area (Å²) in [6, 6.07) is 9.78. The molecule has 3 heterocycles. The van der Waals surface area contributed by atoms with Gasteiger partial charge in [0.05, 0.1) is 35.6 Å². The highest BCUT2D eigenvalue weighted by molar-refractivity contribution is 6.04. The Morgan fingerprint density at radius 1 is 1.12 bits per heavy atom. The Hall–Kier alpha value is -3.27. The molecule has 0 radical (unpaired) electrons. The molecule has 174 valence electrons. The zero-order chi connectivity index (χ0) is 23.3. The van der Waals surface area contributed by atoms with Crippen LogP contribution in [-0.4, -0.2) is 48.9 Å². The smallest absolute Gasteiger partial charge is 0.416 e. The van der Waals surface area contributed by atoms with E-state index in [4.69, 9.17) is 0 Å². The van der Waals surface area contributed by atoms with Crippen molar-refractivity contribution in [2.75, 3.05) is 41.5 Å². The molecule has 0 aliphatic carbocycles. The molecule has 0 aromatic heterocycles. The first-order chi connectivity index (χ1) is 15.7. The lowest BCUT2D eigenvalue weighted by Crippen LogP contribution is -2.56. The van der Waals surface area contributed by atoms with Crippen molar-refractivity contribution in [3.63, 3.8) is 0 Å². The number of anilines is 3. The van der Waals surface area contributed by atoms with E-state index >= 15 is 0 Å². The average Bonchev–Trinajstić information content (AvgIpc) is 2.88. The third-order valence-corrected chi connectivity index (χ3v) is 6.64. The molecule has 0 spiro atoms. The molecule has 2 atom stereocenters. The summed E-state index contributed by atoms with van der Waals surface area (Å²) in [5, 5.41) is 16.7. The molecule has 2 aromatic rings. The highest BCUT2D eigenvalue weighted by atomic mass is 19.4. The number of para-hydroxylation sites is 1. The molecule has 2 unspecified atom stereocenters. The summed E-state index contributed by atoms with van der Waals surface area (Å²) in [7, 11) is 0. The molecule has 7 nitrogen and oxygen atoms in total. The van der Waals surface area contributed by atoms with Crippen LogP contribution in [0.5, 0.6) is 0 Å². The second-order valence-electron chi connectivity index (χ2n) is 8.74. The van der Waals surface area contributed by atoms with Gasteiger partial charge >= 0.3 is 6.18 Å². The Labute approximate surface area is 188 Å². The molecule has 1 fully saturated rings. The summed E-state index contributed by atoms with van der Waals surface area (Å²) in [6.07, 6.45) is -3.83. The van der Waals surface area contributed by atoms with Crippen molar-refractivity contribution < 1.29 is 22.8 Å². The van der Waals surface area contributed by atoms with Gasteiger partial charge in [0.25, 0.3) is 0 Å². The monoisotopic (exact) mass is 459 g/mol. The van der Waals surface area contributed by atoms with Gasteiger partial charge in [0.15, 0.2) is 0 Å². The van der Waals surface area contributed by atoms with E-state index in [1.165, 1.54) is 12.1 Å². The van der Waals surface area contributed by atoms with Crippen LogP contribution in [-0.2, 0) is 22.2 Å². The lowest BCUT2D eigenvalue weighted by molar-refractivity contribution is -0.137. The number of hydroxylamine groups is 1. The molecule has 1 saturated heterocycles. The first kappa shape index (κ1) is 21.6. The number of nitrogens with zero attached hydrogens (tertiary/aromatic N) is 3. The predicted molar refractivity (Wildman–Crippen MR) is 117 cm³/mol. The quantitative estimate of drug-likeness (QED) is 0.746. The Balaban J connectivity index is 1.33. The van der Waals surface area contributed by atoms with E-state index in [1.54, 1.807) is 23.1 Å². The van der Waals surface area contributed by atoms with E-state index in [0.29, 0.717) is 36.4 Å². The highest BCUT2D eigenvalue weighted by Crippen LogP contribution is 2.44. The van der Waals surface area contributed by atoms with E-state index < -0.39 is 11.7 Å². The van der Waals surface area contributed by atoms with Crippen molar-refractivity contribution in [3.05, 3.63) is 58.8 Å². The molecule has 1 N–H and O–H groups in total. The lowest BCUT2D eigenvalue weighted by Gasteiger charge is -2.45. The number of alkyl halides is 3. The zero-order valence-corrected chi connectivity index (χ0v) is 17.6. The van der Waals surface area contributed by atoms with E-state index in [-0.39, 0.29) is 43.3 Å². The third kappa shape index (κ3) is 3.99. The SMILES string of the molecule is O=C1CN2c3c(cccc3N([O-])CC3CN(C(=O)Cc4ccc(C(F)(F)F)cc4)CCC32)N1. The normalized spacial score (nSPS) is 22.3. The Morgan fingerprint density at radius 3 is 2.61 bits per heavy atom. The van der Waals surface area contributed by atoms with Gasteiger partial charge < -0.3 is 25.4 Å². The van der Waals surface area contributed by atoms with Crippen LogP contribution in [0, 0.1) is 11.1 Å². The second-order valence-corrected chi connectivity index (χ2v) is 8.74. The van der Waals surface area contributed by atoms with Crippen molar-refractivity contribution in [1.82, 2.24) is 4.90 Å². The summed E-state index contributed by atoms with van der Waals surface area (Å²) >= 11 is 0. The third-order valence-electron chi connectivity index (χ3n) is 6.64. The molecular formula is C23H22F3N4O3-. The van der Waals surface area contributed by atoms with Crippen molar-refractivity contribution in [1.29, 1.82) is 0 Å². The van der Waals surface area contributed by atoms with E-state index in [0.717, 1.165) is 22.9 Å². The Bertz CT molecular complexity index is 1090. The van der Waals surface area contributed by atoms with Gasteiger partial charge in [-0.2, -0.15) is 13.2 Å². The lowest BCUT2D eigenvalue weighted by atomic mass is 9.90. The Morgan fingerprint density at radius 2 is 1.88 bits per heavy atom. The minimum Gasteiger partial charge on any atom is -0.758 e. The number of carbonyl (C=O) groups excluding carboxylic acids is 2. The fraction of sp³-hybridized carbons (Fsp3) is 0.391. The molecule has 33 heavy (non-hydrogen) atoms. The summed E-state index contributed by atoms with van der Waals surface area (Å²) in [5.41, 5.74) is 1.60. The number of hydrogen-bond donors (Lipinski definition) is 1. The van der Waals surface area contributed by atoms with Crippen LogP contribution in [0.15, 0.2) is 42.5 Å². The number of amides is 2. The molecule has 0 bridgehead atoms. The summed E-state index contributed by atoms with van der Waals surface area (Å²) in [4.78, 5) is 28.9. The van der Waals surface area contributed by atoms with E-state index in [1.807, 2.05) is 4.90 Å². The summed E-state index contributed by atoms with van der Waals surface area (Å²) in [6.45, 7) is 1.15. The number of nitrogens with one attached hydrogen (secondary N) is 1. The maximum absolute atomic E-state index is 12.9. The number of likely N-dealkylation sites (tertiary alicyclic amines) is 1. The standard InChI is InChI=1S/C23H22F3N4O3/c24-23(25,26)16-6-4-14(5-7-16)10-21(32)28-9-8-18-15(11-28)12-30(33)19-3-1-2-17-22(19)29(18)13-20(31)27-17/h1-7,15,18H,8-13H2,(H,27,31)/q-1. The number of carbonyl (C=O) groups is 2. The van der Waals surface area contributed by atoms with Gasteiger partial charge in [-0.05, 0) is 36.2 Å². The van der Waals surface area contributed by atoms with Gasteiger partial charge in [0.2, 0.25) is 11.8 Å². The van der Waals surface area contributed by atoms with Gasteiger partial charge in [-0.3, -0.25) is 9.59 Å². The van der Waals surface area contributed by atoms with Gasteiger partial charge in [0, 0.05) is 31.6 Å². The minimum atomic E-state index is -4.42. The molecule has 0 saturated carbocycles. The van der Waals surface area contributed by atoms with Crippen LogP contribution < -0.4 is 15.3 Å².